The van der Waals surface area contributed by atoms with Gasteiger partial charge in [0.05, 0.1) is 0 Å². The van der Waals surface area contributed by atoms with E-state index in [9.17, 15) is 0 Å². The summed E-state index contributed by atoms with van der Waals surface area (Å²) < 4.78 is 0. The topological polar surface area (TPSA) is 50.7 Å². The number of fused-ring (bicyclic) bond motifs is 1. The molecule has 0 spiro atoms. The van der Waals surface area contributed by atoms with Gasteiger partial charge in [-0.2, -0.15) is 0 Å². The third-order valence-corrected chi connectivity index (χ3v) is 3.06. The molecule has 0 saturated heterocycles. The zero-order valence-corrected chi connectivity index (χ0v) is 11.0. The van der Waals surface area contributed by atoms with Crippen LogP contribution < -0.4 is 5.32 Å². The summed E-state index contributed by atoms with van der Waals surface area (Å²) in [5.41, 5.74) is 1.88. The maximum Gasteiger partial charge on any atom is 0.224 e. The van der Waals surface area contributed by atoms with Crippen LogP contribution in [0.3, 0.4) is 0 Å². The van der Waals surface area contributed by atoms with Crippen LogP contribution in [0.25, 0.3) is 10.8 Å². The molecule has 0 aliphatic heterocycles. The van der Waals surface area contributed by atoms with Crippen LogP contribution in [0.2, 0.25) is 5.28 Å². The van der Waals surface area contributed by atoms with Crippen molar-refractivity contribution < 1.29 is 0 Å². The summed E-state index contributed by atoms with van der Waals surface area (Å²) in [7, 11) is 0. The van der Waals surface area contributed by atoms with Crippen LogP contribution in [-0.4, -0.2) is 15.0 Å². The molecule has 2 aromatic heterocycles. The number of pyridine rings is 1. The van der Waals surface area contributed by atoms with Crippen LogP contribution in [0.5, 0.6) is 0 Å². The summed E-state index contributed by atoms with van der Waals surface area (Å²) in [5, 5.41) is 5.67. The second-order valence-corrected chi connectivity index (χ2v) is 4.54. The molecule has 0 aliphatic carbocycles. The Hall–Kier alpha value is -2.20. The quantitative estimate of drug-likeness (QED) is 0.721. The Morgan fingerprint density at radius 1 is 1.16 bits per heavy atom. The second-order valence-electron chi connectivity index (χ2n) is 4.20. The molecule has 3 aromatic rings. The van der Waals surface area contributed by atoms with Crippen LogP contribution in [0.1, 0.15) is 5.56 Å². The van der Waals surface area contributed by atoms with Crippen LogP contribution >= 0.6 is 11.6 Å². The first-order valence-corrected chi connectivity index (χ1v) is 6.21. The molecule has 1 aromatic carbocycles. The van der Waals surface area contributed by atoms with Gasteiger partial charge in [-0.25, -0.2) is 9.97 Å². The minimum absolute atomic E-state index is 0.228. The number of aromatic nitrogens is 3. The zero-order chi connectivity index (χ0) is 13.2. The summed E-state index contributed by atoms with van der Waals surface area (Å²) >= 11 is 5.83. The summed E-state index contributed by atoms with van der Waals surface area (Å²) in [6, 6.07) is 7.99. The first kappa shape index (κ1) is 11.9. The van der Waals surface area contributed by atoms with Crippen molar-refractivity contribution in [3.05, 3.63) is 53.7 Å². The number of benzene rings is 1. The maximum absolute atomic E-state index is 5.83. The number of anilines is 2. The van der Waals surface area contributed by atoms with Gasteiger partial charge >= 0.3 is 0 Å². The highest BCUT2D eigenvalue weighted by Gasteiger charge is 2.05. The minimum atomic E-state index is 0.228. The molecule has 1 N–H and O–H groups in total. The molecule has 0 aliphatic rings. The molecule has 0 radical (unpaired) electrons. The molecule has 0 unspecified atom stereocenters. The second kappa shape index (κ2) is 4.82. The van der Waals surface area contributed by atoms with Crippen molar-refractivity contribution in [2.24, 2.45) is 0 Å². The highest BCUT2D eigenvalue weighted by molar-refractivity contribution is 6.28. The lowest BCUT2D eigenvalue weighted by molar-refractivity contribution is 1.13. The zero-order valence-electron chi connectivity index (χ0n) is 10.3. The van der Waals surface area contributed by atoms with Crippen molar-refractivity contribution in [3.63, 3.8) is 0 Å². The van der Waals surface area contributed by atoms with Crippen molar-refractivity contribution in [2.45, 2.75) is 6.92 Å². The third-order valence-electron chi connectivity index (χ3n) is 2.88. The lowest BCUT2D eigenvalue weighted by Crippen LogP contribution is -1.98. The summed E-state index contributed by atoms with van der Waals surface area (Å²) in [4.78, 5) is 12.3. The monoisotopic (exact) mass is 270 g/mol. The number of aryl methyl sites for hydroxylation is 1. The Labute approximate surface area is 115 Å². The highest BCUT2D eigenvalue weighted by atomic mass is 35.5. The van der Waals surface area contributed by atoms with Crippen molar-refractivity contribution in [1.82, 2.24) is 15.0 Å². The van der Waals surface area contributed by atoms with Gasteiger partial charge in [-0.05, 0) is 36.0 Å². The van der Waals surface area contributed by atoms with E-state index in [1.807, 2.05) is 37.4 Å². The predicted octanol–water partition coefficient (Wildman–Crippen LogP) is 3.73. The fourth-order valence-electron chi connectivity index (χ4n) is 1.90. The Kier molecular flexibility index (Phi) is 3.01. The van der Waals surface area contributed by atoms with Gasteiger partial charge in [0.1, 0.15) is 5.82 Å². The van der Waals surface area contributed by atoms with Crippen LogP contribution in [-0.2, 0) is 0 Å². The van der Waals surface area contributed by atoms with E-state index >= 15 is 0 Å². The van der Waals surface area contributed by atoms with E-state index in [1.165, 1.54) is 0 Å². The normalized spacial score (nSPS) is 10.6. The van der Waals surface area contributed by atoms with E-state index in [0.717, 1.165) is 22.0 Å². The van der Waals surface area contributed by atoms with Crippen LogP contribution in [0.4, 0.5) is 11.5 Å². The summed E-state index contributed by atoms with van der Waals surface area (Å²) in [6.45, 7) is 1.93. The molecule has 4 nitrogen and oxygen atoms in total. The molecule has 5 heteroatoms. The molecule has 94 valence electrons. The van der Waals surface area contributed by atoms with Gasteiger partial charge in [0.2, 0.25) is 5.28 Å². The molecular formula is C14H11ClN4. The largest absolute Gasteiger partial charge is 0.339 e. The van der Waals surface area contributed by atoms with Crippen molar-refractivity contribution in [2.75, 3.05) is 5.32 Å². The molecule has 0 fully saturated rings. The predicted molar refractivity (Wildman–Crippen MR) is 76.8 cm³/mol. The highest BCUT2D eigenvalue weighted by Crippen LogP contribution is 2.26. The maximum atomic E-state index is 5.83. The van der Waals surface area contributed by atoms with Crippen molar-refractivity contribution in [1.29, 1.82) is 0 Å². The Morgan fingerprint density at radius 3 is 2.95 bits per heavy atom. The summed E-state index contributed by atoms with van der Waals surface area (Å²) in [6.07, 6.45) is 5.30. The smallest absolute Gasteiger partial charge is 0.224 e. The van der Waals surface area contributed by atoms with Gasteiger partial charge in [0, 0.05) is 35.2 Å². The molecule has 19 heavy (non-hydrogen) atoms. The van der Waals surface area contributed by atoms with E-state index in [1.54, 1.807) is 12.4 Å². The Bertz CT molecular complexity index is 737. The van der Waals surface area contributed by atoms with Gasteiger partial charge in [0.25, 0.3) is 0 Å². The SMILES string of the molecule is Cc1cnc(Cl)nc1Nc1cccc2ccncc12. The molecule has 0 saturated carbocycles. The van der Waals surface area contributed by atoms with E-state index in [0.29, 0.717) is 5.82 Å². The number of nitrogens with zero attached hydrogens (tertiary/aromatic N) is 3. The molecular weight excluding hydrogens is 260 g/mol. The third kappa shape index (κ3) is 2.35. The first-order chi connectivity index (χ1) is 9.24. The molecule has 0 bridgehead atoms. The lowest BCUT2D eigenvalue weighted by Gasteiger charge is -2.10. The van der Waals surface area contributed by atoms with Gasteiger partial charge in [-0.15, -0.1) is 0 Å². The molecule has 0 amide bonds. The molecule has 3 rings (SSSR count). The van der Waals surface area contributed by atoms with Crippen LogP contribution in [0.15, 0.2) is 42.9 Å². The van der Waals surface area contributed by atoms with Gasteiger partial charge < -0.3 is 5.32 Å². The van der Waals surface area contributed by atoms with Crippen molar-refractivity contribution >= 4 is 33.9 Å². The van der Waals surface area contributed by atoms with Crippen molar-refractivity contribution in [3.8, 4) is 0 Å². The Balaban J connectivity index is 2.08. The average molecular weight is 271 g/mol. The number of rotatable bonds is 2. The van der Waals surface area contributed by atoms with E-state index < -0.39 is 0 Å². The van der Waals surface area contributed by atoms with Crippen LogP contribution in [0, 0.1) is 6.92 Å². The fourth-order valence-corrected chi connectivity index (χ4v) is 2.03. The number of hydrogen-bond acceptors (Lipinski definition) is 4. The van der Waals surface area contributed by atoms with E-state index in [2.05, 4.69) is 20.3 Å². The average Bonchev–Trinajstić information content (AvgIpc) is 2.43. The first-order valence-electron chi connectivity index (χ1n) is 5.83. The number of hydrogen-bond donors (Lipinski definition) is 1. The minimum Gasteiger partial charge on any atom is -0.339 e. The van der Waals surface area contributed by atoms with Gasteiger partial charge in [-0.3, -0.25) is 4.98 Å². The molecule has 0 atom stereocenters. The van der Waals surface area contributed by atoms with Gasteiger partial charge in [-0.1, -0.05) is 12.1 Å². The van der Waals surface area contributed by atoms with E-state index in [-0.39, 0.29) is 5.28 Å². The standard InChI is InChI=1S/C14H11ClN4/c1-9-7-17-14(15)19-13(9)18-12-4-2-3-10-5-6-16-8-11(10)12/h2-8H,1H3,(H,17,18,19). The molecule has 2 heterocycles. The number of nitrogens with one attached hydrogen (secondary N) is 1. The fraction of sp³-hybridized carbons (Fsp3) is 0.0714. The van der Waals surface area contributed by atoms with E-state index in [4.69, 9.17) is 11.6 Å². The lowest BCUT2D eigenvalue weighted by atomic mass is 10.1. The van der Waals surface area contributed by atoms with Gasteiger partial charge in [0.15, 0.2) is 0 Å². The summed E-state index contributed by atoms with van der Waals surface area (Å²) in [5.74, 6) is 0.705. The Morgan fingerprint density at radius 2 is 2.05 bits per heavy atom. The number of halogens is 1.